The first-order valence-corrected chi connectivity index (χ1v) is 12.7. The van der Waals surface area contributed by atoms with Crippen molar-refractivity contribution in [3.05, 3.63) is 22.8 Å². The molecule has 4 bridgehead atoms. The summed E-state index contributed by atoms with van der Waals surface area (Å²) in [7, 11) is 0. The molecule has 0 aromatic heterocycles. The summed E-state index contributed by atoms with van der Waals surface area (Å²) in [6, 6.07) is 1.40. The summed E-state index contributed by atoms with van der Waals surface area (Å²) in [5.74, 6) is -2.83. The van der Waals surface area contributed by atoms with Crippen LogP contribution >= 0.6 is 0 Å². The first-order chi connectivity index (χ1) is 16.6. The first kappa shape index (κ1) is 24.0. The van der Waals surface area contributed by atoms with E-state index in [0.717, 1.165) is 0 Å². The highest BCUT2D eigenvalue weighted by molar-refractivity contribution is 5.96. The van der Waals surface area contributed by atoms with Crippen molar-refractivity contribution >= 4 is 11.9 Å². The van der Waals surface area contributed by atoms with Gasteiger partial charge in [0, 0.05) is 47.8 Å². The van der Waals surface area contributed by atoms with E-state index in [0.29, 0.717) is 42.6 Å². The largest absolute Gasteiger partial charge is 0.507 e. The van der Waals surface area contributed by atoms with E-state index in [4.69, 9.17) is 18.9 Å². The average molecular weight is 503 g/mol. The van der Waals surface area contributed by atoms with Gasteiger partial charge in [-0.1, -0.05) is 20.8 Å². The van der Waals surface area contributed by atoms with Gasteiger partial charge in [0.15, 0.2) is 11.9 Å². The van der Waals surface area contributed by atoms with Crippen LogP contribution in [-0.2, 0) is 25.4 Å². The average Bonchev–Trinajstić information content (AvgIpc) is 2.76. The van der Waals surface area contributed by atoms with Crippen LogP contribution < -0.4 is 4.74 Å². The van der Waals surface area contributed by atoms with Gasteiger partial charge in [0.05, 0.1) is 5.60 Å². The number of carbonyl (C=O) groups is 2. The monoisotopic (exact) mass is 502 g/mol. The molecule has 4 fully saturated rings. The molecule has 1 aromatic carbocycles. The molecule has 4 heterocycles. The zero-order chi connectivity index (χ0) is 26.3. The molecule has 4 aliphatic heterocycles. The van der Waals surface area contributed by atoms with E-state index in [9.17, 15) is 24.9 Å². The zero-order valence-corrected chi connectivity index (χ0v) is 21.6. The number of aliphatic hydroxyl groups is 2. The Morgan fingerprint density at radius 2 is 1.81 bits per heavy atom. The molecule has 2 aliphatic carbocycles. The molecule has 9 nitrogen and oxygen atoms in total. The van der Waals surface area contributed by atoms with Crippen LogP contribution in [0.2, 0.25) is 0 Å². The number of rotatable bonds is 1. The summed E-state index contributed by atoms with van der Waals surface area (Å²) in [5, 5.41) is 35.0. The van der Waals surface area contributed by atoms with E-state index in [1.807, 2.05) is 27.7 Å². The maximum atomic E-state index is 12.9. The van der Waals surface area contributed by atoms with Gasteiger partial charge in [0.1, 0.15) is 34.4 Å². The second-order valence-electron chi connectivity index (χ2n) is 12.3. The Morgan fingerprint density at radius 3 is 2.47 bits per heavy atom. The van der Waals surface area contributed by atoms with Gasteiger partial charge in [-0.15, -0.1) is 0 Å². The van der Waals surface area contributed by atoms with Crippen molar-refractivity contribution in [2.45, 2.75) is 108 Å². The van der Waals surface area contributed by atoms with Crippen molar-refractivity contribution in [1.29, 1.82) is 0 Å². The van der Waals surface area contributed by atoms with Crippen LogP contribution in [0.3, 0.4) is 0 Å². The number of phenols is 1. The maximum absolute atomic E-state index is 12.9. The summed E-state index contributed by atoms with van der Waals surface area (Å²) < 4.78 is 24.4. The van der Waals surface area contributed by atoms with Gasteiger partial charge in [-0.05, 0) is 33.1 Å². The van der Waals surface area contributed by atoms with E-state index < -0.39 is 57.6 Å². The minimum atomic E-state index is -1.60. The number of hydrogen-bond acceptors (Lipinski definition) is 9. The molecular weight excluding hydrogens is 468 g/mol. The maximum Gasteiger partial charge on any atom is 0.342 e. The highest BCUT2D eigenvalue weighted by Gasteiger charge is 2.85. The summed E-state index contributed by atoms with van der Waals surface area (Å²) in [6.07, 6.45) is 0.192. The molecular formula is C27H34O9. The summed E-state index contributed by atoms with van der Waals surface area (Å²) >= 11 is 0. The Bertz CT molecular complexity index is 1220. The Hall–Kier alpha value is -2.36. The Balaban J connectivity index is 1.62. The first-order valence-electron chi connectivity index (χ1n) is 12.7. The fraction of sp³-hybridized carbons (Fsp3) is 0.704. The van der Waals surface area contributed by atoms with Crippen LogP contribution in [0.4, 0.5) is 0 Å². The van der Waals surface area contributed by atoms with Crippen LogP contribution in [-0.4, -0.2) is 56.0 Å². The van der Waals surface area contributed by atoms with Crippen LogP contribution in [0.5, 0.6) is 11.5 Å². The summed E-state index contributed by atoms with van der Waals surface area (Å²) in [5.41, 5.74) is -4.28. The van der Waals surface area contributed by atoms with E-state index in [1.165, 1.54) is 13.0 Å². The quantitative estimate of drug-likeness (QED) is 0.496. The molecule has 196 valence electrons. The summed E-state index contributed by atoms with van der Waals surface area (Å²) in [4.78, 5) is 24.9. The number of aromatic hydroxyl groups is 1. The van der Waals surface area contributed by atoms with Crippen molar-refractivity contribution in [2.75, 3.05) is 0 Å². The Kier molecular flexibility index (Phi) is 4.37. The van der Waals surface area contributed by atoms with Crippen LogP contribution in [0, 0.1) is 10.8 Å². The molecule has 2 saturated heterocycles. The van der Waals surface area contributed by atoms with Gasteiger partial charge in [0.25, 0.3) is 0 Å². The van der Waals surface area contributed by atoms with E-state index in [1.54, 1.807) is 6.92 Å². The lowest BCUT2D eigenvalue weighted by atomic mass is 9.36. The standard InChI is InChI=1S/C27H34O9/c1-13-20(34-14(2)28)18-15-12-26-23(5)7-10-27(32,36-26)22(3,4)25(23,31)9-8-24(26,6)35-17(15)11-16(29)19(18)21(30)33-13/h11,13,20,29,31-32H,7-10,12H2,1-6H3/t13-,20+,23+,24-,25+,26+,27-/m1/s1. The molecule has 7 rings (SSSR count). The lowest BCUT2D eigenvalue weighted by Gasteiger charge is -2.79. The SMILES string of the molecule is CC(=O)O[C@@H]1c2c3c(cc(O)c2C(=O)O[C@@H]1C)O[C@]1(C)CC[C@]2(O)C(C)(C)[C@@]4(O)CC[C@]2(C)[C@]1(C3)O4. The summed E-state index contributed by atoms with van der Waals surface area (Å²) in [6.45, 7) is 10.5. The van der Waals surface area contributed by atoms with Gasteiger partial charge in [-0.25, -0.2) is 4.79 Å². The van der Waals surface area contributed by atoms with Crippen molar-refractivity contribution in [1.82, 2.24) is 0 Å². The number of ether oxygens (including phenoxy) is 4. The van der Waals surface area contributed by atoms with Crippen LogP contribution in [0.1, 0.15) is 94.8 Å². The number of hydrogen-bond donors (Lipinski definition) is 3. The topological polar surface area (TPSA) is 132 Å². The van der Waals surface area contributed by atoms with Crippen molar-refractivity contribution in [3.63, 3.8) is 0 Å². The highest BCUT2D eigenvalue weighted by atomic mass is 16.7. The van der Waals surface area contributed by atoms with Crippen molar-refractivity contribution in [3.8, 4) is 11.5 Å². The van der Waals surface area contributed by atoms with Gasteiger partial charge < -0.3 is 34.3 Å². The number of benzene rings is 1. The van der Waals surface area contributed by atoms with E-state index in [-0.39, 0.29) is 17.7 Å². The third kappa shape index (κ3) is 2.34. The molecule has 3 N–H and O–H groups in total. The Labute approximate surface area is 209 Å². The smallest absolute Gasteiger partial charge is 0.342 e. The fourth-order valence-corrected chi connectivity index (χ4v) is 8.38. The van der Waals surface area contributed by atoms with Gasteiger partial charge in [-0.3, -0.25) is 4.79 Å². The molecule has 1 spiro atoms. The highest BCUT2D eigenvalue weighted by Crippen LogP contribution is 2.76. The Morgan fingerprint density at radius 1 is 1.11 bits per heavy atom. The predicted octanol–water partition coefficient (Wildman–Crippen LogP) is 3.06. The van der Waals surface area contributed by atoms with Crippen LogP contribution in [0.15, 0.2) is 6.07 Å². The number of esters is 2. The van der Waals surface area contributed by atoms with Crippen molar-refractivity contribution in [2.24, 2.45) is 10.8 Å². The molecule has 36 heavy (non-hydrogen) atoms. The molecule has 9 heteroatoms. The molecule has 0 amide bonds. The number of cyclic esters (lactones) is 1. The molecule has 1 aromatic rings. The lowest BCUT2D eigenvalue weighted by Crippen LogP contribution is -2.89. The third-order valence-corrected chi connectivity index (χ3v) is 10.6. The molecule has 0 unspecified atom stereocenters. The van der Waals surface area contributed by atoms with Gasteiger partial charge in [0.2, 0.25) is 0 Å². The normalized spacial score (nSPS) is 45.5. The van der Waals surface area contributed by atoms with Crippen LogP contribution in [0.25, 0.3) is 0 Å². The number of carbonyl (C=O) groups excluding carboxylic acids is 2. The predicted molar refractivity (Wildman–Crippen MR) is 124 cm³/mol. The molecule has 6 aliphatic rings. The second-order valence-corrected chi connectivity index (χ2v) is 12.3. The van der Waals surface area contributed by atoms with E-state index >= 15 is 0 Å². The molecule has 2 saturated carbocycles. The number of phenolic OH excluding ortho intramolecular Hbond substituents is 1. The fourth-order valence-electron chi connectivity index (χ4n) is 8.38. The second kappa shape index (κ2) is 6.55. The lowest BCUT2D eigenvalue weighted by molar-refractivity contribution is -0.498. The minimum Gasteiger partial charge on any atom is -0.507 e. The minimum absolute atomic E-state index is 0.0714. The van der Waals surface area contributed by atoms with Gasteiger partial charge in [-0.2, -0.15) is 0 Å². The zero-order valence-electron chi connectivity index (χ0n) is 21.6. The van der Waals surface area contributed by atoms with Crippen molar-refractivity contribution < 1.29 is 43.9 Å². The third-order valence-electron chi connectivity index (χ3n) is 10.6. The van der Waals surface area contributed by atoms with Gasteiger partial charge >= 0.3 is 11.9 Å². The molecule has 0 radical (unpaired) electrons. The van der Waals surface area contributed by atoms with E-state index in [2.05, 4.69) is 0 Å². The molecule has 7 atom stereocenters. The number of fused-ring (bicyclic) bond motifs is 4.